The van der Waals surface area contributed by atoms with Gasteiger partial charge in [0.15, 0.2) is 39.9 Å². The van der Waals surface area contributed by atoms with Crippen LogP contribution in [0.25, 0.3) is 11.2 Å². The molecule has 2 aliphatic heterocycles. The van der Waals surface area contributed by atoms with Crippen molar-refractivity contribution in [2.75, 3.05) is 19.0 Å². The summed E-state index contributed by atoms with van der Waals surface area (Å²) in [5.41, 5.74) is 5.99. The Morgan fingerprint density at radius 2 is 1.70 bits per heavy atom. The van der Waals surface area contributed by atoms with E-state index in [2.05, 4.69) is 88.0 Å². The third-order valence-corrected chi connectivity index (χ3v) is 18.9. The summed E-state index contributed by atoms with van der Waals surface area (Å²) in [6, 6.07) is 0. The minimum absolute atomic E-state index is 0.0255. The zero-order valence-electron chi connectivity index (χ0n) is 25.4. The Hall–Kier alpha value is -1.89. The Morgan fingerprint density at radius 3 is 2.23 bits per heavy atom. The van der Waals surface area contributed by atoms with Gasteiger partial charge in [0, 0.05) is 7.05 Å². The van der Waals surface area contributed by atoms with Crippen LogP contribution in [0.4, 0.5) is 5.82 Å². The summed E-state index contributed by atoms with van der Waals surface area (Å²) in [7, 11) is -7.17. The van der Waals surface area contributed by atoms with E-state index in [9.17, 15) is 8.42 Å². The molecule has 224 valence electrons. The highest BCUT2D eigenvalue weighted by atomic mass is 32.2. The molecule has 0 bridgehead atoms. The number of fused-ring (bicyclic) bond motifs is 1. The van der Waals surface area contributed by atoms with E-state index in [0.29, 0.717) is 17.0 Å². The second kappa shape index (κ2) is 9.85. The van der Waals surface area contributed by atoms with E-state index in [1.165, 1.54) is 6.33 Å². The van der Waals surface area contributed by atoms with Crippen LogP contribution in [-0.2, 0) is 27.9 Å². The maximum Gasteiger partial charge on any atom is 0.292 e. The SMILES string of the molecule is CNc1ncnc2c1ncn2[C@@H]1OC(CO[Si](C)(C)C(C)(C)C)C2(OS(=O)(=O)C=C2N)[C@H]1O[Si](C)(C)C(C)(C)C. The molecule has 12 nitrogen and oxygen atoms in total. The fraction of sp³-hybridized carbons (Fsp3) is 0.720. The molecule has 0 saturated carbocycles. The summed E-state index contributed by atoms with van der Waals surface area (Å²) in [5.74, 6) is 0.551. The van der Waals surface area contributed by atoms with Gasteiger partial charge in [-0.25, -0.2) is 19.1 Å². The highest BCUT2D eigenvalue weighted by Crippen LogP contribution is 2.52. The van der Waals surface area contributed by atoms with E-state index in [1.54, 1.807) is 17.9 Å². The molecule has 0 radical (unpaired) electrons. The van der Waals surface area contributed by atoms with Crippen molar-refractivity contribution in [3.63, 3.8) is 0 Å². The van der Waals surface area contributed by atoms with Crippen LogP contribution in [0.3, 0.4) is 0 Å². The van der Waals surface area contributed by atoms with Crippen LogP contribution in [0, 0.1) is 0 Å². The van der Waals surface area contributed by atoms with E-state index >= 15 is 0 Å². The maximum absolute atomic E-state index is 12.9. The zero-order valence-corrected chi connectivity index (χ0v) is 28.2. The van der Waals surface area contributed by atoms with Gasteiger partial charge in [-0.05, 0) is 36.3 Å². The summed E-state index contributed by atoms with van der Waals surface area (Å²) in [4.78, 5) is 13.3. The second-order valence-electron chi connectivity index (χ2n) is 13.6. The van der Waals surface area contributed by atoms with Gasteiger partial charge >= 0.3 is 0 Å². The van der Waals surface area contributed by atoms with Crippen molar-refractivity contribution < 1.29 is 26.2 Å². The van der Waals surface area contributed by atoms with E-state index in [4.69, 9.17) is 23.5 Å². The van der Waals surface area contributed by atoms with Gasteiger partial charge in [0.05, 0.1) is 24.0 Å². The van der Waals surface area contributed by atoms with Crippen LogP contribution in [0.1, 0.15) is 47.8 Å². The third-order valence-electron chi connectivity index (χ3n) is 8.94. The predicted molar refractivity (Wildman–Crippen MR) is 159 cm³/mol. The van der Waals surface area contributed by atoms with Crippen molar-refractivity contribution in [3.05, 3.63) is 23.8 Å². The van der Waals surface area contributed by atoms with Crippen LogP contribution in [-0.4, -0.2) is 76.0 Å². The smallest absolute Gasteiger partial charge is 0.292 e. The highest BCUT2D eigenvalue weighted by Gasteiger charge is 2.67. The van der Waals surface area contributed by atoms with E-state index in [0.717, 1.165) is 5.41 Å². The number of nitrogens with one attached hydrogen (secondary N) is 1. The number of nitrogens with zero attached hydrogens (tertiary/aromatic N) is 4. The monoisotopic (exact) mass is 612 g/mol. The first-order valence-electron chi connectivity index (χ1n) is 13.4. The predicted octanol–water partition coefficient (Wildman–Crippen LogP) is 4.08. The van der Waals surface area contributed by atoms with Crippen molar-refractivity contribution in [1.29, 1.82) is 0 Å². The first kappa shape index (κ1) is 31.1. The number of hydrogen-bond acceptors (Lipinski definition) is 11. The fourth-order valence-electron chi connectivity index (χ4n) is 4.44. The Balaban J connectivity index is 1.90. The lowest BCUT2D eigenvalue weighted by molar-refractivity contribution is -0.0535. The summed E-state index contributed by atoms with van der Waals surface area (Å²) in [5, 5.41) is 3.71. The van der Waals surface area contributed by atoms with Gasteiger partial charge in [-0.15, -0.1) is 0 Å². The summed E-state index contributed by atoms with van der Waals surface area (Å²) in [6.45, 7) is 21.2. The Labute approximate surface area is 239 Å². The lowest BCUT2D eigenvalue weighted by Gasteiger charge is -2.43. The molecule has 4 rings (SSSR count). The molecule has 1 spiro atoms. The van der Waals surface area contributed by atoms with Crippen molar-refractivity contribution in [1.82, 2.24) is 19.5 Å². The minimum atomic E-state index is -4.11. The number of hydrogen-bond donors (Lipinski definition) is 2. The standard InChI is InChI=1S/C25H44N6O6SSi2/c1-23(2,3)39(8,9)34-12-17-25(16(26)13-38(32,33)37-25)19(36-40(10,11)24(4,5)6)22(35-17)31-15-30-18-20(27-7)28-14-29-21(18)31/h13-15,17,19,22H,12,26H2,1-11H3,(H,27,28,29)/t17?,19-,22+,25?/m0/s1. The largest absolute Gasteiger partial charge is 0.414 e. The van der Waals surface area contributed by atoms with Crippen molar-refractivity contribution in [2.24, 2.45) is 5.73 Å². The molecule has 0 amide bonds. The molecule has 0 aliphatic carbocycles. The second-order valence-corrected chi connectivity index (χ2v) is 24.6. The normalized spacial score (nSPS) is 27.5. The Kier molecular flexibility index (Phi) is 7.65. The molecular weight excluding hydrogens is 569 g/mol. The highest BCUT2D eigenvalue weighted by molar-refractivity contribution is 7.90. The van der Waals surface area contributed by atoms with E-state index in [1.807, 2.05) is 0 Å². The average Bonchev–Trinajstić information content (AvgIpc) is 3.43. The zero-order chi connectivity index (χ0) is 30.1. The molecular formula is C25H44N6O6SSi2. The molecule has 0 aromatic carbocycles. The van der Waals surface area contributed by atoms with Crippen molar-refractivity contribution >= 4 is 43.7 Å². The van der Waals surface area contributed by atoms with Gasteiger partial charge in [0.1, 0.15) is 24.1 Å². The molecule has 3 N–H and O–H groups in total. The van der Waals surface area contributed by atoms with Gasteiger partial charge in [0.2, 0.25) is 0 Å². The van der Waals surface area contributed by atoms with Crippen LogP contribution in [0.5, 0.6) is 0 Å². The lowest BCUT2D eigenvalue weighted by Crippen LogP contribution is -2.59. The molecule has 1 saturated heterocycles. The molecule has 2 aromatic heterocycles. The molecule has 4 atom stereocenters. The van der Waals surface area contributed by atoms with Crippen LogP contribution in [0.2, 0.25) is 36.3 Å². The lowest BCUT2D eigenvalue weighted by atomic mass is 9.89. The van der Waals surface area contributed by atoms with Gasteiger partial charge in [-0.2, -0.15) is 8.42 Å². The number of nitrogens with two attached hydrogens (primary N) is 1. The number of ether oxygens (including phenoxy) is 1. The molecule has 2 unspecified atom stereocenters. The quantitative estimate of drug-likeness (QED) is 0.344. The fourth-order valence-corrected chi connectivity index (χ4v) is 7.94. The number of imidazole rings is 1. The summed E-state index contributed by atoms with van der Waals surface area (Å²) >= 11 is 0. The first-order valence-corrected chi connectivity index (χ1v) is 20.7. The van der Waals surface area contributed by atoms with Crippen LogP contribution in [0.15, 0.2) is 23.8 Å². The van der Waals surface area contributed by atoms with Gasteiger partial charge < -0.3 is 24.6 Å². The van der Waals surface area contributed by atoms with E-state index < -0.39 is 50.8 Å². The maximum atomic E-state index is 12.9. The molecule has 1 fully saturated rings. The van der Waals surface area contributed by atoms with Crippen molar-refractivity contribution in [3.8, 4) is 0 Å². The van der Waals surface area contributed by atoms with Gasteiger partial charge in [-0.3, -0.25) is 4.57 Å². The number of aromatic nitrogens is 4. The Bertz CT molecular complexity index is 1410. The van der Waals surface area contributed by atoms with Crippen molar-refractivity contribution in [2.45, 2.75) is 102 Å². The topological polar surface area (TPSA) is 153 Å². The van der Waals surface area contributed by atoms with Crippen LogP contribution < -0.4 is 11.1 Å². The first-order chi connectivity index (χ1) is 18.2. The number of anilines is 1. The molecule has 2 aromatic rings. The minimum Gasteiger partial charge on any atom is -0.414 e. The van der Waals surface area contributed by atoms with Crippen LogP contribution >= 0.6 is 0 Å². The number of rotatable bonds is 7. The molecule has 2 aliphatic rings. The van der Waals surface area contributed by atoms with E-state index in [-0.39, 0.29) is 22.4 Å². The summed E-state index contributed by atoms with van der Waals surface area (Å²) < 4.78 is 53.8. The molecule has 4 heterocycles. The summed E-state index contributed by atoms with van der Waals surface area (Å²) in [6.07, 6.45) is 0.329. The third kappa shape index (κ3) is 5.14. The Morgan fingerprint density at radius 1 is 1.07 bits per heavy atom. The molecule has 40 heavy (non-hydrogen) atoms. The molecule has 15 heteroatoms. The van der Waals surface area contributed by atoms with Gasteiger partial charge in [0.25, 0.3) is 10.1 Å². The van der Waals surface area contributed by atoms with Gasteiger partial charge in [-0.1, -0.05) is 41.5 Å². The average molecular weight is 613 g/mol.